The van der Waals surface area contributed by atoms with Crippen LogP contribution in [0.5, 0.6) is 5.75 Å². The van der Waals surface area contributed by atoms with Crippen molar-refractivity contribution in [1.82, 2.24) is 10.3 Å². The molecule has 1 N–H and O–H groups in total. The molecule has 0 aliphatic heterocycles. The lowest BCUT2D eigenvalue weighted by Gasteiger charge is -2.26. The Morgan fingerprint density at radius 1 is 1.23 bits per heavy atom. The number of benzene rings is 1. The van der Waals surface area contributed by atoms with Crippen molar-refractivity contribution >= 4 is 11.3 Å². The van der Waals surface area contributed by atoms with Crippen molar-refractivity contribution in [3.63, 3.8) is 0 Å². The van der Waals surface area contributed by atoms with Crippen LogP contribution in [0.3, 0.4) is 0 Å². The summed E-state index contributed by atoms with van der Waals surface area (Å²) in [7, 11) is 0. The first kappa shape index (κ1) is 15.3. The van der Waals surface area contributed by atoms with Crippen molar-refractivity contribution in [3.8, 4) is 16.3 Å². The van der Waals surface area contributed by atoms with Gasteiger partial charge in [-0.05, 0) is 37.1 Å². The summed E-state index contributed by atoms with van der Waals surface area (Å²) in [6.45, 7) is 0.733. The Morgan fingerprint density at radius 2 is 1.95 bits per heavy atom. The number of nitrogens with one attached hydrogen (secondary N) is 1. The van der Waals surface area contributed by atoms with Crippen molar-refractivity contribution in [2.24, 2.45) is 0 Å². The van der Waals surface area contributed by atoms with Gasteiger partial charge in [-0.25, -0.2) is 4.98 Å². The molecule has 0 radical (unpaired) electrons. The molecule has 1 aromatic carbocycles. The van der Waals surface area contributed by atoms with E-state index in [0.29, 0.717) is 6.04 Å². The highest BCUT2D eigenvalue weighted by Gasteiger charge is 2.31. The molecule has 22 heavy (non-hydrogen) atoms. The Bertz CT molecular complexity index is 620. The number of hydrogen-bond acceptors (Lipinski definition) is 4. The highest BCUT2D eigenvalue weighted by Crippen LogP contribution is 2.28. The van der Waals surface area contributed by atoms with E-state index in [0.717, 1.165) is 22.8 Å². The van der Waals surface area contributed by atoms with Crippen molar-refractivity contribution < 1.29 is 17.9 Å². The van der Waals surface area contributed by atoms with Crippen molar-refractivity contribution in [2.45, 2.75) is 38.2 Å². The van der Waals surface area contributed by atoms with Crippen LogP contribution in [-0.4, -0.2) is 17.4 Å². The largest absolute Gasteiger partial charge is 0.573 e. The van der Waals surface area contributed by atoms with Crippen LogP contribution in [0.1, 0.15) is 25.0 Å². The minimum Gasteiger partial charge on any atom is -0.406 e. The maximum atomic E-state index is 12.1. The van der Waals surface area contributed by atoms with Crippen LogP contribution < -0.4 is 10.1 Å². The van der Waals surface area contributed by atoms with Crippen LogP contribution in [0, 0.1) is 0 Å². The van der Waals surface area contributed by atoms with Crippen LogP contribution in [-0.2, 0) is 6.54 Å². The Kier molecular flexibility index (Phi) is 4.35. The molecule has 1 aromatic heterocycles. The van der Waals surface area contributed by atoms with E-state index < -0.39 is 6.36 Å². The first-order chi connectivity index (χ1) is 10.5. The Balaban J connectivity index is 1.62. The second-order valence-corrected chi connectivity index (χ2v) is 6.08. The minimum atomic E-state index is -4.66. The zero-order valence-corrected chi connectivity index (χ0v) is 12.5. The van der Waals surface area contributed by atoms with Gasteiger partial charge in [0.15, 0.2) is 0 Å². The van der Waals surface area contributed by atoms with Crippen molar-refractivity contribution in [1.29, 1.82) is 0 Å². The van der Waals surface area contributed by atoms with Gasteiger partial charge in [-0.2, -0.15) is 0 Å². The van der Waals surface area contributed by atoms with Gasteiger partial charge >= 0.3 is 6.36 Å². The normalized spacial score (nSPS) is 15.6. The van der Waals surface area contributed by atoms with Crippen LogP contribution in [0.25, 0.3) is 10.6 Å². The lowest BCUT2D eigenvalue weighted by Crippen LogP contribution is -2.34. The van der Waals surface area contributed by atoms with Crippen molar-refractivity contribution in [2.75, 3.05) is 0 Å². The van der Waals surface area contributed by atoms with Gasteiger partial charge in [-0.15, -0.1) is 24.5 Å². The third-order valence-electron chi connectivity index (χ3n) is 3.56. The molecular formula is C15H15F3N2OS. The van der Waals surface area contributed by atoms with E-state index in [2.05, 4.69) is 15.0 Å². The Labute approximate surface area is 130 Å². The van der Waals surface area contributed by atoms with E-state index in [1.807, 2.05) is 5.38 Å². The van der Waals surface area contributed by atoms with Gasteiger partial charge in [0.1, 0.15) is 10.8 Å². The number of ether oxygens (including phenoxy) is 1. The molecule has 1 fully saturated rings. The molecule has 3 rings (SSSR count). The van der Waals surface area contributed by atoms with E-state index in [4.69, 9.17) is 0 Å². The number of hydrogen-bond donors (Lipinski definition) is 1. The molecular weight excluding hydrogens is 313 g/mol. The van der Waals surface area contributed by atoms with E-state index in [9.17, 15) is 13.2 Å². The molecule has 1 aliphatic rings. The zero-order valence-electron chi connectivity index (χ0n) is 11.7. The van der Waals surface area contributed by atoms with Gasteiger partial charge < -0.3 is 10.1 Å². The van der Waals surface area contributed by atoms with Crippen molar-refractivity contribution in [3.05, 3.63) is 35.3 Å². The topological polar surface area (TPSA) is 34.1 Å². The van der Waals surface area contributed by atoms with E-state index >= 15 is 0 Å². The fourth-order valence-electron chi connectivity index (χ4n) is 2.18. The zero-order chi connectivity index (χ0) is 15.6. The third-order valence-corrected chi connectivity index (χ3v) is 4.50. The molecule has 0 spiro atoms. The number of nitrogens with zero attached hydrogens (tertiary/aromatic N) is 1. The molecule has 3 nitrogen and oxygen atoms in total. The molecule has 1 aliphatic carbocycles. The summed E-state index contributed by atoms with van der Waals surface area (Å²) in [5.41, 5.74) is 1.75. The summed E-state index contributed by atoms with van der Waals surface area (Å²) in [6, 6.07) is 6.38. The average Bonchev–Trinajstić information content (AvgIpc) is 2.85. The van der Waals surface area contributed by atoms with Gasteiger partial charge in [-0.3, -0.25) is 0 Å². The third kappa shape index (κ3) is 3.98. The highest BCUT2D eigenvalue weighted by molar-refractivity contribution is 7.13. The van der Waals surface area contributed by atoms with Gasteiger partial charge in [0.2, 0.25) is 0 Å². The summed E-state index contributed by atoms with van der Waals surface area (Å²) in [4.78, 5) is 4.51. The SMILES string of the molecule is FC(F)(F)Oc1ccc(-c2nc(CNC3CCC3)cs2)cc1. The number of thiazole rings is 1. The van der Waals surface area contributed by atoms with Gasteiger partial charge in [0.05, 0.1) is 5.69 Å². The lowest BCUT2D eigenvalue weighted by atomic mass is 9.93. The fraction of sp³-hybridized carbons (Fsp3) is 0.400. The maximum Gasteiger partial charge on any atom is 0.573 e. The minimum absolute atomic E-state index is 0.223. The molecule has 0 saturated heterocycles. The molecule has 0 atom stereocenters. The van der Waals surface area contributed by atoms with Gasteiger partial charge in [0, 0.05) is 23.5 Å². The smallest absolute Gasteiger partial charge is 0.406 e. The lowest BCUT2D eigenvalue weighted by molar-refractivity contribution is -0.274. The number of rotatable bonds is 5. The predicted octanol–water partition coefficient (Wildman–Crippen LogP) is 4.35. The monoisotopic (exact) mass is 328 g/mol. The summed E-state index contributed by atoms with van der Waals surface area (Å²) < 4.78 is 40.2. The van der Waals surface area contributed by atoms with E-state index in [1.54, 1.807) is 12.1 Å². The summed E-state index contributed by atoms with van der Waals surface area (Å²) >= 11 is 1.48. The highest BCUT2D eigenvalue weighted by atomic mass is 32.1. The summed E-state index contributed by atoms with van der Waals surface area (Å²) in [6.07, 6.45) is -0.940. The first-order valence-corrected chi connectivity index (χ1v) is 7.91. The predicted molar refractivity (Wildman–Crippen MR) is 78.7 cm³/mol. The average molecular weight is 328 g/mol. The molecule has 1 heterocycles. The fourth-order valence-corrected chi connectivity index (χ4v) is 3.01. The van der Waals surface area contributed by atoms with E-state index in [-0.39, 0.29) is 5.75 Å². The summed E-state index contributed by atoms with van der Waals surface area (Å²) in [5, 5.41) is 6.20. The maximum absolute atomic E-state index is 12.1. The first-order valence-electron chi connectivity index (χ1n) is 7.03. The molecule has 2 aromatic rings. The molecule has 0 amide bonds. The summed E-state index contributed by atoms with van der Waals surface area (Å²) in [5.74, 6) is -0.223. The quantitative estimate of drug-likeness (QED) is 0.886. The van der Waals surface area contributed by atoms with Crippen LogP contribution >= 0.6 is 11.3 Å². The second kappa shape index (κ2) is 6.26. The number of alkyl halides is 3. The van der Waals surface area contributed by atoms with Crippen LogP contribution in [0.4, 0.5) is 13.2 Å². The van der Waals surface area contributed by atoms with Crippen LogP contribution in [0.15, 0.2) is 29.6 Å². The molecule has 118 valence electrons. The molecule has 1 saturated carbocycles. The number of aromatic nitrogens is 1. The molecule has 7 heteroatoms. The van der Waals surface area contributed by atoms with Gasteiger partial charge in [0.25, 0.3) is 0 Å². The second-order valence-electron chi connectivity index (χ2n) is 5.22. The molecule has 0 unspecified atom stereocenters. The van der Waals surface area contributed by atoms with Crippen LogP contribution in [0.2, 0.25) is 0 Å². The van der Waals surface area contributed by atoms with E-state index in [1.165, 1.54) is 42.7 Å². The standard InChI is InChI=1S/C15H15F3N2OS/c16-15(17,18)21-13-6-4-10(5-7-13)14-20-12(9-22-14)8-19-11-2-1-3-11/h4-7,9,11,19H,1-3,8H2. The Hall–Kier alpha value is -1.60. The number of halogens is 3. The molecule has 0 bridgehead atoms. The van der Waals surface area contributed by atoms with Gasteiger partial charge in [-0.1, -0.05) is 6.42 Å². The Morgan fingerprint density at radius 3 is 2.55 bits per heavy atom.